The number of hydrogen-bond acceptors (Lipinski definition) is 6. The van der Waals surface area contributed by atoms with Crippen LogP contribution in [0.5, 0.6) is 0 Å². The maximum atomic E-state index is 12.8. The lowest BCUT2D eigenvalue weighted by atomic mass is 9.98. The third kappa shape index (κ3) is 10.3. The Morgan fingerprint density at radius 3 is 2.22 bits per heavy atom. The van der Waals surface area contributed by atoms with Crippen LogP contribution in [-0.4, -0.2) is 54.7 Å². The summed E-state index contributed by atoms with van der Waals surface area (Å²) in [7, 11) is 0. The fraction of sp³-hybridized carbons (Fsp3) is 0.325. The first kappa shape index (κ1) is 33.0. The molecule has 0 bridgehead atoms. The summed E-state index contributed by atoms with van der Waals surface area (Å²) in [6, 6.07) is 35.8. The molecule has 0 atom stereocenters. The molecule has 1 aliphatic rings. The first-order valence-corrected chi connectivity index (χ1v) is 16.5. The van der Waals surface area contributed by atoms with Gasteiger partial charge < -0.3 is 15.0 Å². The van der Waals surface area contributed by atoms with Gasteiger partial charge in [0.1, 0.15) is 11.9 Å². The maximum absolute atomic E-state index is 12.8. The zero-order valence-electron chi connectivity index (χ0n) is 26.5. The van der Waals surface area contributed by atoms with Crippen LogP contribution in [0.25, 0.3) is 11.1 Å². The summed E-state index contributed by atoms with van der Waals surface area (Å²) < 4.78 is 5.86. The van der Waals surface area contributed by atoms with Crippen LogP contribution in [0.4, 0.5) is 0 Å². The minimum Gasteiger partial charge on any atom is -0.462 e. The van der Waals surface area contributed by atoms with Crippen molar-refractivity contribution >= 4 is 17.5 Å². The molecule has 4 aromatic rings. The highest BCUT2D eigenvalue weighted by atomic mass is 16.5. The molecule has 46 heavy (non-hydrogen) atoms. The average molecular weight is 617 g/mol. The average Bonchev–Trinajstić information content (AvgIpc) is 3.09. The molecular weight excluding hydrogens is 572 g/mol. The molecular formula is C40H44N2O4. The summed E-state index contributed by atoms with van der Waals surface area (Å²) in [6.07, 6.45) is 3.74. The second kappa shape index (κ2) is 17.3. The number of esters is 1. The lowest BCUT2D eigenvalue weighted by Gasteiger charge is -2.31. The van der Waals surface area contributed by atoms with E-state index in [2.05, 4.69) is 34.5 Å². The maximum Gasteiger partial charge on any atom is 0.310 e. The van der Waals surface area contributed by atoms with Gasteiger partial charge in [0, 0.05) is 51.0 Å². The number of ketones is 2. The van der Waals surface area contributed by atoms with Crippen molar-refractivity contribution in [1.82, 2.24) is 10.2 Å². The van der Waals surface area contributed by atoms with Crippen molar-refractivity contribution in [2.75, 3.05) is 26.2 Å². The number of piperidine rings is 1. The summed E-state index contributed by atoms with van der Waals surface area (Å²) in [4.78, 5) is 40.7. The van der Waals surface area contributed by atoms with Crippen molar-refractivity contribution in [3.8, 4) is 11.1 Å². The Hall–Kier alpha value is -4.39. The van der Waals surface area contributed by atoms with E-state index >= 15 is 0 Å². The fourth-order valence-corrected chi connectivity index (χ4v) is 6.01. The van der Waals surface area contributed by atoms with E-state index < -0.39 is 0 Å². The van der Waals surface area contributed by atoms with Crippen LogP contribution in [0.15, 0.2) is 109 Å². The van der Waals surface area contributed by atoms with Gasteiger partial charge >= 0.3 is 5.97 Å². The molecule has 1 fully saturated rings. The number of nitrogens with zero attached hydrogens (tertiary/aromatic N) is 1. The molecule has 0 aromatic heterocycles. The molecule has 238 valence electrons. The van der Waals surface area contributed by atoms with Crippen LogP contribution in [0, 0.1) is 0 Å². The van der Waals surface area contributed by atoms with Crippen LogP contribution in [0.1, 0.15) is 59.2 Å². The fourth-order valence-electron chi connectivity index (χ4n) is 6.01. The summed E-state index contributed by atoms with van der Waals surface area (Å²) in [5.41, 5.74) is 5.91. The summed E-state index contributed by atoms with van der Waals surface area (Å²) in [6.45, 7) is 3.87. The quantitative estimate of drug-likeness (QED) is 0.0843. The van der Waals surface area contributed by atoms with E-state index in [9.17, 15) is 14.4 Å². The number of rotatable bonds is 16. The van der Waals surface area contributed by atoms with E-state index in [0.717, 1.165) is 67.7 Å². The Morgan fingerprint density at radius 2 is 1.43 bits per heavy atom. The lowest BCUT2D eigenvalue weighted by molar-refractivity contribution is -0.150. The largest absolute Gasteiger partial charge is 0.462 e. The number of carbonyl (C=O) groups is 3. The van der Waals surface area contributed by atoms with Crippen molar-refractivity contribution in [1.29, 1.82) is 0 Å². The molecule has 0 spiro atoms. The Morgan fingerprint density at radius 1 is 0.739 bits per heavy atom. The van der Waals surface area contributed by atoms with E-state index in [4.69, 9.17) is 4.74 Å². The van der Waals surface area contributed by atoms with Gasteiger partial charge in [-0.2, -0.15) is 0 Å². The molecule has 0 aliphatic carbocycles. The molecule has 0 amide bonds. The van der Waals surface area contributed by atoms with Gasteiger partial charge in [0.15, 0.2) is 5.78 Å². The normalized spacial score (nSPS) is 13.7. The molecule has 0 saturated carbocycles. The van der Waals surface area contributed by atoms with E-state index in [0.29, 0.717) is 31.4 Å². The molecule has 4 aromatic carbocycles. The number of carbonyl (C=O) groups excluding carboxylic acids is 3. The highest BCUT2D eigenvalue weighted by molar-refractivity contribution is 5.96. The third-order valence-corrected chi connectivity index (χ3v) is 8.56. The molecule has 0 radical (unpaired) electrons. The van der Waals surface area contributed by atoms with Gasteiger partial charge in [-0.3, -0.25) is 14.4 Å². The summed E-state index contributed by atoms with van der Waals surface area (Å²) in [5, 5.41) is 3.39. The van der Waals surface area contributed by atoms with E-state index in [1.807, 2.05) is 84.9 Å². The van der Waals surface area contributed by atoms with Crippen LogP contribution in [0.2, 0.25) is 0 Å². The SMILES string of the molecule is O=C(CCN1CCC(OC(=O)Cc2ccccc2-c2ccccc2)CC1)Cc1cccc(C(=O)CCCNCc2ccccc2)c1. The Kier molecular flexibility index (Phi) is 12.4. The smallest absolute Gasteiger partial charge is 0.310 e. The summed E-state index contributed by atoms with van der Waals surface area (Å²) in [5.74, 6) is 0.0811. The van der Waals surface area contributed by atoms with E-state index in [1.165, 1.54) is 5.56 Å². The predicted molar refractivity (Wildman–Crippen MR) is 183 cm³/mol. The zero-order chi connectivity index (χ0) is 32.0. The first-order valence-electron chi connectivity index (χ1n) is 16.5. The number of ether oxygens (including phenoxy) is 1. The van der Waals surface area contributed by atoms with Gasteiger partial charge in [0.25, 0.3) is 0 Å². The topological polar surface area (TPSA) is 75.7 Å². The Bertz CT molecular complexity index is 1560. The number of Topliss-reactive ketones (excluding diaryl/α,β-unsaturated/α-hetero) is 2. The van der Waals surface area contributed by atoms with Crippen molar-refractivity contribution in [2.24, 2.45) is 0 Å². The second-order valence-corrected chi connectivity index (χ2v) is 12.1. The lowest BCUT2D eigenvalue weighted by Crippen LogP contribution is -2.39. The molecule has 6 nitrogen and oxygen atoms in total. The number of benzene rings is 4. The number of likely N-dealkylation sites (tertiary alicyclic amines) is 1. The van der Waals surface area contributed by atoms with Gasteiger partial charge in [-0.1, -0.05) is 103 Å². The van der Waals surface area contributed by atoms with Crippen molar-refractivity contribution in [3.63, 3.8) is 0 Å². The standard InChI is InChI=1S/C40H44N2O4/c43-36(28-32-13-9-17-35(27-32)39(44)19-10-23-41-30-31-11-3-1-4-12-31)20-24-42-25-21-37(22-26-42)46-40(45)29-34-16-7-8-18-38(34)33-14-5-2-6-15-33/h1-9,11-18,27,37,41H,10,19-26,28-30H2. The minimum absolute atomic E-state index is 0.0942. The zero-order valence-corrected chi connectivity index (χ0v) is 26.5. The minimum atomic E-state index is -0.197. The van der Waals surface area contributed by atoms with Crippen molar-refractivity contribution in [3.05, 3.63) is 131 Å². The van der Waals surface area contributed by atoms with Crippen LogP contribution in [-0.2, 0) is 33.7 Å². The molecule has 1 aliphatic heterocycles. The molecule has 1 heterocycles. The van der Waals surface area contributed by atoms with Gasteiger partial charge in [-0.25, -0.2) is 0 Å². The van der Waals surface area contributed by atoms with Gasteiger partial charge in [-0.05, 0) is 59.7 Å². The van der Waals surface area contributed by atoms with Crippen LogP contribution < -0.4 is 5.32 Å². The highest BCUT2D eigenvalue weighted by Crippen LogP contribution is 2.25. The molecule has 6 heteroatoms. The van der Waals surface area contributed by atoms with Crippen molar-refractivity contribution in [2.45, 2.75) is 57.6 Å². The monoisotopic (exact) mass is 616 g/mol. The van der Waals surface area contributed by atoms with Crippen LogP contribution >= 0.6 is 0 Å². The van der Waals surface area contributed by atoms with Gasteiger partial charge in [0.2, 0.25) is 0 Å². The first-order chi connectivity index (χ1) is 22.5. The van der Waals surface area contributed by atoms with Crippen LogP contribution in [0.3, 0.4) is 0 Å². The molecule has 1 saturated heterocycles. The van der Waals surface area contributed by atoms with E-state index in [1.54, 1.807) is 0 Å². The van der Waals surface area contributed by atoms with Crippen molar-refractivity contribution < 1.29 is 19.1 Å². The molecule has 0 unspecified atom stereocenters. The molecule has 5 rings (SSSR count). The molecule has 1 N–H and O–H groups in total. The van der Waals surface area contributed by atoms with Gasteiger partial charge in [-0.15, -0.1) is 0 Å². The summed E-state index contributed by atoms with van der Waals surface area (Å²) >= 11 is 0. The highest BCUT2D eigenvalue weighted by Gasteiger charge is 2.23. The Labute approximate surface area is 272 Å². The number of hydrogen-bond donors (Lipinski definition) is 1. The third-order valence-electron chi connectivity index (χ3n) is 8.56. The van der Waals surface area contributed by atoms with E-state index in [-0.39, 0.29) is 30.1 Å². The second-order valence-electron chi connectivity index (χ2n) is 12.1. The van der Waals surface area contributed by atoms with Gasteiger partial charge in [0.05, 0.1) is 6.42 Å². The Balaban J connectivity index is 0.981. The number of nitrogens with one attached hydrogen (secondary N) is 1. The predicted octanol–water partition coefficient (Wildman–Crippen LogP) is 6.86.